The Morgan fingerprint density at radius 1 is 1.50 bits per heavy atom. The fraction of sp³-hybridized carbons (Fsp3) is 0.476. The van der Waals surface area contributed by atoms with E-state index in [-0.39, 0.29) is 5.91 Å². The number of carbonyl (C=O) groups excluding carboxylic acids is 1. The first kappa shape index (κ1) is 18.4. The number of aryl methyl sites for hydroxylation is 1. The van der Waals surface area contributed by atoms with E-state index in [1.54, 1.807) is 0 Å². The lowest BCUT2D eigenvalue weighted by Crippen LogP contribution is -2.26. The largest absolute Gasteiger partial charge is 0.339 e. The monoisotopic (exact) mass is 352 g/mol. The highest BCUT2D eigenvalue weighted by Gasteiger charge is 2.29. The van der Waals surface area contributed by atoms with Crippen molar-refractivity contribution in [1.29, 1.82) is 0 Å². The molecule has 2 unspecified atom stereocenters. The Morgan fingerprint density at radius 3 is 2.96 bits per heavy atom. The van der Waals surface area contributed by atoms with Crippen molar-refractivity contribution in [3.63, 3.8) is 0 Å². The predicted molar refractivity (Wildman–Crippen MR) is 104 cm³/mol. The van der Waals surface area contributed by atoms with E-state index >= 15 is 0 Å². The van der Waals surface area contributed by atoms with E-state index in [0.717, 1.165) is 49.3 Å². The molecule has 1 amide bonds. The third-order valence-corrected chi connectivity index (χ3v) is 5.29. The number of likely N-dealkylation sites (tertiary alicyclic amines) is 1. The number of carbonyl (C=O) groups is 1. The highest BCUT2D eigenvalue weighted by atomic mass is 16.2. The van der Waals surface area contributed by atoms with Gasteiger partial charge in [0.05, 0.1) is 5.69 Å². The maximum Gasteiger partial charge on any atom is 0.245 e. The third-order valence-electron chi connectivity index (χ3n) is 5.29. The molecule has 2 aromatic heterocycles. The molecule has 0 aromatic carbocycles. The molecule has 1 fully saturated rings. The molecule has 2 aromatic rings. The molecule has 0 N–H and O–H groups in total. The van der Waals surface area contributed by atoms with Gasteiger partial charge in [-0.2, -0.15) is 5.10 Å². The van der Waals surface area contributed by atoms with Crippen LogP contribution in [-0.4, -0.2) is 38.7 Å². The summed E-state index contributed by atoms with van der Waals surface area (Å²) in [5.74, 6) is 0.728. The van der Waals surface area contributed by atoms with Crippen molar-refractivity contribution in [3.8, 4) is 11.3 Å². The highest BCUT2D eigenvalue weighted by Crippen LogP contribution is 2.35. The lowest BCUT2D eigenvalue weighted by atomic mass is 9.91. The van der Waals surface area contributed by atoms with Gasteiger partial charge < -0.3 is 4.90 Å². The Hall–Kier alpha value is -2.43. The van der Waals surface area contributed by atoms with Crippen molar-refractivity contribution in [2.75, 3.05) is 13.1 Å². The molecular formula is C21H28N4O. The van der Waals surface area contributed by atoms with Crippen molar-refractivity contribution in [3.05, 3.63) is 48.4 Å². The zero-order valence-corrected chi connectivity index (χ0v) is 16.0. The fourth-order valence-electron chi connectivity index (χ4n) is 3.78. The van der Waals surface area contributed by atoms with E-state index in [1.165, 1.54) is 11.6 Å². The molecule has 5 nitrogen and oxygen atoms in total. The molecular weight excluding hydrogens is 324 g/mol. The molecule has 26 heavy (non-hydrogen) atoms. The lowest BCUT2D eigenvalue weighted by Gasteiger charge is -2.18. The maximum atomic E-state index is 11.9. The van der Waals surface area contributed by atoms with Gasteiger partial charge >= 0.3 is 0 Å². The van der Waals surface area contributed by atoms with Crippen LogP contribution >= 0.6 is 0 Å². The quantitative estimate of drug-likeness (QED) is 0.741. The summed E-state index contributed by atoms with van der Waals surface area (Å²) in [4.78, 5) is 18.6. The molecule has 5 heteroatoms. The molecule has 0 bridgehead atoms. The van der Waals surface area contributed by atoms with E-state index in [9.17, 15) is 4.79 Å². The first-order chi connectivity index (χ1) is 12.5. The Kier molecular flexibility index (Phi) is 5.55. The summed E-state index contributed by atoms with van der Waals surface area (Å²) in [5.41, 5.74) is 4.43. The smallest absolute Gasteiger partial charge is 0.245 e. The van der Waals surface area contributed by atoms with Gasteiger partial charge in [-0.1, -0.05) is 26.8 Å². The SMILES string of the molecule is C=CC(=O)N1CCC(c2cnc(C(C)CCC)cc2-c2ccn(C)n2)C1. The molecule has 1 aliphatic heterocycles. The van der Waals surface area contributed by atoms with E-state index in [2.05, 4.69) is 37.7 Å². The van der Waals surface area contributed by atoms with Crippen molar-refractivity contribution < 1.29 is 4.79 Å². The summed E-state index contributed by atoms with van der Waals surface area (Å²) < 4.78 is 1.83. The van der Waals surface area contributed by atoms with Crippen molar-refractivity contribution in [2.24, 2.45) is 7.05 Å². The van der Waals surface area contributed by atoms with E-state index < -0.39 is 0 Å². The van der Waals surface area contributed by atoms with Crippen LogP contribution in [0.5, 0.6) is 0 Å². The summed E-state index contributed by atoms with van der Waals surface area (Å²) in [6, 6.07) is 4.25. The van der Waals surface area contributed by atoms with Gasteiger partial charge in [0.15, 0.2) is 0 Å². The predicted octanol–water partition coefficient (Wildman–Crippen LogP) is 3.89. The average Bonchev–Trinajstić information content (AvgIpc) is 3.30. The van der Waals surface area contributed by atoms with Crippen LogP contribution in [0.4, 0.5) is 0 Å². The van der Waals surface area contributed by atoms with Gasteiger partial charge in [0.1, 0.15) is 0 Å². The van der Waals surface area contributed by atoms with Gasteiger partial charge in [-0.05, 0) is 42.5 Å². The molecule has 3 heterocycles. The molecule has 138 valence electrons. The maximum absolute atomic E-state index is 11.9. The molecule has 0 spiro atoms. The zero-order valence-electron chi connectivity index (χ0n) is 16.0. The number of amides is 1. The molecule has 0 radical (unpaired) electrons. The lowest BCUT2D eigenvalue weighted by molar-refractivity contribution is -0.125. The van der Waals surface area contributed by atoms with Gasteiger partial charge in [0.25, 0.3) is 0 Å². The second-order valence-electron chi connectivity index (χ2n) is 7.23. The van der Waals surface area contributed by atoms with Crippen LogP contribution in [0.1, 0.15) is 56.2 Å². The Bertz CT molecular complexity index is 795. The van der Waals surface area contributed by atoms with Crippen LogP contribution in [0.2, 0.25) is 0 Å². The van der Waals surface area contributed by atoms with Crippen LogP contribution in [0.3, 0.4) is 0 Å². The Morgan fingerprint density at radius 2 is 2.31 bits per heavy atom. The molecule has 0 aliphatic carbocycles. The van der Waals surface area contributed by atoms with E-state index in [4.69, 9.17) is 4.98 Å². The second kappa shape index (κ2) is 7.85. The summed E-state index contributed by atoms with van der Waals surface area (Å²) in [6.45, 7) is 9.52. The first-order valence-electron chi connectivity index (χ1n) is 9.44. The topological polar surface area (TPSA) is 51.0 Å². The van der Waals surface area contributed by atoms with Crippen molar-refractivity contribution in [1.82, 2.24) is 19.7 Å². The minimum Gasteiger partial charge on any atom is -0.339 e. The van der Waals surface area contributed by atoms with Gasteiger partial charge in [-0.15, -0.1) is 0 Å². The molecule has 1 aliphatic rings. The molecule has 0 saturated carbocycles. The number of hydrogen-bond donors (Lipinski definition) is 0. The van der Waals surface area contributed by atoms with Crippen LogP contribution in [-0.2, 0) is 11.8 Å². The summed E-state index contributed by atoms with van der Waals surface area (Å²) in [5, 5.41) is 4.62. The van der Waals surface area contributed by atoms with Gasteiger partial charge in [0, 0.05) is 49.7 Å². The van der Waals surface area contributed by atoms with Gasteiger partial charge in [-0.25, -0.2) is 0 Å². The van der Waals surface area contributed by atoms with E-state index in [1.807, 2.05) is 29.0 Å². The van der Waals surface area contributed by atoms with Crippen LogP contribution in [0.15, 0.2) is 37.2 Å². The Balaban J connectivity index is 1.96. The summed E-state index contributed by atoms with van der Waals surface area (Å²) in [7, 11) is 1.94. The average molecular weight is 352 g/mol. The minimum atomic E-state index is 0.00744. The van der Waals surface area contributed by atoms with Crippen LogP contribution in [0.25, 0.3) is 11.3 Å². The molecule has 3 rings (SSSR count). The molecule has 1 saturated heterocycles. The minimum absolute atomic E-state index is 0.00744. The standard InChI is InChI=1S/C21H28N4O/c1-5-7-15(3)20-12-17(19-9-10-24(4)23-19)18(13-22-20)16-8-11-25(14-16)21(26)6-2/h6,9-10,12-13,15-16H,2,5,7-8,11,14H2,1,3-4H3. The second-order valence-corrected chi connectivity index (χ2v) is 7.23. The van der Waals surface area contributed by atoms with E-state index in [0.29, 0.717) is 11.8 Å². The van der Waals surface area contributed by atoms with Gasteiger partial charge in [-0.3, -0.25) is 14.5 Å². The summed E-state index contributed by atoms with van der Waals surface area (Å²) in [6.07, 6.45) is 8.60. The highest BCUT2D eigenvalue weighted by molar-refractivity contribution is 5.87. The Labute approximate surface area is 155 Å². The molecule has 2 atom stereocenters. The third kappa shape index (κ3) is 3.71. The summed E-state index contributed by atoms with van der Waals surface area (Å²) >= 11 is 0. The fourth-order valence-corrected chi connectivity index (χ4v) is 3.78. The number of hydrogen-bond acceptors (Lipinski definition) is 3. The van der Waals surface area contributed by atoms with Crippen molar-refractivity contribution in [2.45, 2.75) is 44.9 Å². The van der Waals surface area contributed by atoms with Crippen molar-refractivity contribution >= 4 is 5.91 Å². The van der Waals surface area contributed by atoms with Crippen LogP contribution in [0, 0.1) is 0 Å². The van der Waals surface area contributed by atoms with Crippen LogP contribution < -0.4 is 0 Å². The normalized spacial score (nSPS) is 18.1. The number of nitrogens with zero attached hydrogens (tertiary/aromatic N) is 4. The first-order valence-corrected chi connectivity index (χ1v) is 9.44. The number of pyridine rings is 1. The zero-order chi connectivity index (χ0) is 18.7. The number of aromatic nitrogens is 3. The number of rotatable bonds is 6. The van der Waals surface area contributed by atoms with Gasteiger partial charge in [0.2, 0.25) is 5.91 Å².